The maximum atomic E-state index is 12.9. The zero-order chi connectivity index (χ0) is 22.7. The van der Waals surface area contributed by atoms with Gasteiger partial charge in [-0.1, -0.05) is 42.5 Å². The van der Waals surface area contributed by atoms with E-state index in [9.17, 15) is 8.42 Å². The lowest BCUT2D eigenvalue weighted by atomic mass is 10.0. The van der Waals surface area contributed by atoms with Gasteiger partial charge >= 0.3 is 0 Å². The average molecular weight is 466 g/mol. The minimum atomic E-state index is -3.61. The van der Waals surface area contributed by atoms with Gasteiger partial charge in [0.05, 0.1) is 4.90 Å². The number of nitrogens with zero attached hydrogens (tertiary/aromatic N) is 2. The molecule has 0 unspecified atom stereocenters. The van der Waals surface area contributed by atoms with Crippen molar-refractivity contribution in [3.63, 3.8) is 0 Å². The lowest BCUT2D eigenvalue weighted by Crippen LogP contribution is -2.49. The summed E-state index contributed by atoms with van der Waals surface area (Å²) < 4.78 is 39.6. The molecular formula is C25H27N3O4S. The number of anilines is 1. The molecule has 7 nitrogen and oxygen atoms in total. The van der Waals surface area contributed by atoms with Crippen LogP contribution in [0, 0.1) is 0 Å². The standard InChI is InChI=1S/C25H27N3O4S/c29-33(30,22-9-5-2-6-10-22)26-18-23(20-11-12-24-25(17-20)32-19-31-24)28-15-13-27(14-16-28)21-7-3-1-4-8-21/h1-12,17,23,26H,13-16,18-19H2/t23-/m0/s1. The topological polar surface area (TPSA) is 71.1 Å². The largest absolute Gasteiger partial charge is 0.454 e. The average Bonchev–Trinajstić information content (AvgIpc) is 3.34. The minimum Gasteiger partial charge on any atom is -0.454 e. The second-order valence-corrected chi connectivity index (χ2v) is 9.92. The Kier molecular flexibility index (Phi) is 6.22. The van der Waals surface area contributed by atoms with Gasteiger partial charge in [0.15, 0.2) is 11.5 Å². The van der Waals surface area contributed by atoms with Crippen LogP contribution < -0.4 is 19.1 Å². The molecule has 1 fully saturated rings. The summed E-state index contributed by atoms with van der Waals surface area (Å²) >= 11 is 0. The first kappa shape index (κ1) is 21.8. The third-order valence-electron chi connectivity index (χ3n) is 6.18. The van der Waals surface area contributed by atoms with Gasteiger partial charge in [0.1, 0.15) is 0 Å². The predicted octanol–water partition coefficient (Wildman–Crippen LogP) is 3.26. The number of ether oxygens (including phenoxy) is 2. The van der Waals surface area contributed by atoms with Gasteiger partial charge in [-0.15, -0.1) is 0 Å². The number of hydrogen-bond acceptors (Lipinski definition) is 6. The van der Waals surface area contributed by atoms with Crippen molar-refractivity contribution >= 4 is 15.7 Å². The lowest BCUT2D eigenvalue weighted by Gasteiger charge is -2.40. The molecule has 1 saturated heterocycles. The number of hydrogen-bond donors (Lipinski definition) is 1. The molecule has 0 spiro atoms. The fraction of sp³-hybridized carbons (Fsp3) is 0.280. The minimum absolute atomic E-state index is 0.129. The highest BCUT2D eigenvalue weighted by Gasteiger charge is 2.28. The molecule has 5 rings (SSSR count). The van der Waals surface area contributed by atoms with Crippen molar-refractivity contribution in [1.82, 2.24) is 9.62 Å². The molecule has 2 heterocycles. The van der Waals surface area contributed by atoms with Gasteiger partial charge < -0.3 is 14.4 Å². The Morgan fingerprint density at radius 1 is 0.818 bits per heavy atom. The van der Waals surface area contributed by atoms with E-state index in [4.69, 9.17) is 9.47 Å². The molecule has 3 aromatic rings. The summed E-state index contributed by atoms with van der Waals surface area (Å²) in [6.45, 7) is 3.86. The molecule has 0 radical (unpaired) electrons. The van der Waals surface area contributed by atoms with Gasteiger partial charge in [-0.2, -0.15) is 0 Å². The van der Waals surface area contributed by atoms with Crippen LogP contribution in [0.2, 0.25) is 0 Å². The Balaban J connectivity index is 1.35. The van der Waals surface area contributed by atoms with Gasteiger partial charge in [0.25, 0.3) is 0 Å². The predicted molar refractivity (Wildman–Crippen MR) is 127 cm³/mol. The molecule has 0 amide bonds. The molecule has 33 heavy (non-hydrogen) atoms. The summed E-state index contributed by atoms with van der Waals surface area (Å²) in [6, 6.07) is 24.6. The van der Waals surface area contributed by atoms with Crippen LogP contribution in [0.15, 0.2) is 83.8 Å². The molecule has 8 heteroatoms. The smallest absolute Gasteiger partial charge is 0.240 e. The van der Waals surface area contributed by atoms with E-state index in [1.807, 2.05) is 24.3 Å². The monoisotopic (exact) mass is 465 g/mol. The summed E-state index contributed by atoms with van der Waals surface area (Å²) in [6.07, 6.45) is 0. The van der Waals surface area contributed by atoms with Crippen LogP contribution in [-0.4, -0.2) is 52.8 Å². The summed E-state index contributed by atoms with van der Waals surface area (Å²) in [5, 5.41) is 0. The van der Waals surface area contributed by atoms with Gasteiger partial charge in [-0.25, -0.2) is 13.1 Å². The first-order valence-corrected chi connectivity index (χ1v) is 12.6. The summed E-state index contributed by atoms with van der Waals surface area (Å²) in [5.41, 5.74) is 2.21. The van der Waals surface area contributed by atoms with Crippen molar-refractivity contribution < 1.29 is 17.9 Å². The number of piperazine rings is 1. The van der Waals surface area contributed by atoms with Crippen molar-refractivity contribution in [1.29, 1.82) is 0 Å². The normalized spacial score (nSPS) is 17.2. The maximum Gasteiger partial charge on any atom is 0.240 e. The van der Waals surface area contributed by atoms with Crippen LogP contribution in [0.1, 0.15) is 11.6 Å². The van der Waals surface area contributed by atoms with Crippen molar-refractivity contribution in [2.24, 2.45) is 0 Å². The summed E-state index contributed by atoms with van der Waals surface area (Å²) in [4.78, 5) is 4.97. The van der Waals surface area contributed by atoms with Crippen molar-refractivity contribution in [2.45, 2.75) is 10.9 Å². The van der Waals surface area contributed by atoms with E-state index >= 15 is 0 Å². The summed E-state index contributed by atoms with van der Waals surface area (Å²) in [5.74, 6) is 1.42. The van der Waals surface area contributed by atoms with Crippen LogP contribution >= 0.6 is 0 Å². The highest BCUT2D eigenvalue weighted by atomic mass is 32.2. The Hall–Kier alpha value is -3.07. The van der Waals surface area contributed by atoms with Gasteiger partial charge in [-0.05, 0) is 42.0 Å². The van der Waals surface area contributed by atoms with Crippen molar-refractivity contribution in [3.05, 3.63) is 84.4 Å². The molecule has 172 valence electrons. The van der Waals surface area contributed by atoms with E-state index in [-0.39, 0.29) is 24.3 Å². The van der Waals surface area contributed by atoms with Gasteiger partial charge in [-0.3, -0.25) is 4.90 Å². The maximum absolute atomic E-state index is 12.9. The Morgan fingerprint density at radius 3 is 2.21 bits per heavy atom. The highest BCUT2D eigenvalue weighted by molar-refractivity contribution is 7.89. The van der Waals surface area contributed by atoms with Gasteiger partial charge in [0.2, 0.25) is 16.8 Å². The highest BCUT2D eigenvalue weighted by Crippen LogP contribution is 2.36. The molecule has 0 saturated carbocycles. The van der Waals surface area contributed by atoms with Crippen molar-refractivity contribution in [3.8, 4) is 11.5 Å². The molecule has 1 atom stereocenters. The first-order chi connectivity index (χ1) is 16.1. The van der Waals surface area contributed by atoms with Crippen LogP contribution in [0.5, 0.6) is 11.5 Å². The number of benzene rings is 3. The van der Waals surface area contributed by atoms with E-state index in [0.717, 1.165) is 37.5 Å². The van der Waals surface area contributed by atoms with E-state index < -0.39 is 10.0 Å². The SMILES string of the molecule is O=S(=O)(NC[C@@H](c1ccc2c(c1)OCO2)N1CCN(c2ccccc2)CC1)c1ccccc1. The molecule has 2 aliphatic rings. The first-order valence-electron chi connectivity index (χ1n) is 11.1. The van der Waals surface area contributed by atoms with Crippen LogP contribution in [0.4, 0.5) is 5.69 Å². The zero-order valence-electron chi connectivity index (χ0n) is 18.3. The Morgan fingerprint density at radius 2 is 1.48 bits per heavy atom. The quantitative estimate of drug-likeness (QED) is 0.578. The Bertz CT molecular complexity index is 1180. The third kappa shape index (κ3) is 4.83. The van der Waals surface area contributed by atoms with Crippen molar-refractivity contribution in [2.75, 3.05) is 44.4 Å². The lowest BCUT2D eigenvalue weighted by molar-refractivity contribution is 0.173. The second-order valence-electron chi connectivity index (χ2n) is 8.15. The summed E-state index contributed by atoms with van der Waals surface area (Å²) in [7, 11) is -3.61. The van der Waals surface area contributed by atoms with E-state index in [0.29, 0.717) is 5.75 Å². The number of sulfonamides is 1. The van der Waals surface area contributed by atoms with E-state index in [2.05, 4.69) is 38.8 Å². The fourth-order valence-corrected chi connectivity index (χ4v) is 5.44. The molecule has 0 bridgehead atoms. The number of fused-ring (bicyclic) bond motifs is 1. The van der Waals surface area contributed by atoms with Crippen LogP contribution in [-0.2, 0) is 10.0 Å². The molecule has 1 N–H and O–H groups in total. The second kappa shape index (κ2) is 9.43. The third-order valence-corrected chi connectivity index (χ3v) is 7.62. The Labute approximate surface area is 194 Å². The van der Waals surface area contributed by atoms with E-state index in [1.165, 1.54) is 5.69 Å². The van der Waals surface area contributed by atoms with Crippen LogP contribution in [0.25, 0.3) is 0 Å². The van der Waals surface area contributed by atoms with Gasteiger partial charge in [0, 0.05) is 44.5 Å². The molecule has 3 aromatic carbocycles. The molecular weight excluding hydrogens is 438 g/mol. The van der Waals surface area contributed by atoms with E-state index in [1.54, 1.807) is 30.3 Å². The molecule has 0 aromatic heterocycles. The number of rotatable bonds is 7. The van der Waals surface area contributed by atoms with Crippen LogP contribution in [0.3, 0.4) is 0 Å². The molecule has 2 aliphatic heterocycles. The number of nitrogens with one attached hydrogen (secondary N) is 1. The zero-order valence-corrected chi connectivity index (χ0v) is 19.1. The number of para-hydroxylation sites is 1. The molecule has 0 aliphatic carbocycles. The fourth-order valence-electron chi connectivity index (χ4n) is 4.38.